The molecule has 0 saturated carbocycles. The number of aliphatic hydroxyl groups excluding tert-OH is 1. The van der Waals surface area contributed by atoms with E-state index in [1.807, 2.05) is 6.92 Å². The van der Waals surface area contributed by atoms with Crippen LogP contribution in [0.3, 0.4) is 0 Å². The Morgan fingerprint density at radius 2 is 2.22 bits per heavy atom. The molecule has 0 spiro atoms. The molecule has 1 aliphatic heterocycles. The summed E-state index contributed by atoms with van der Waals surface area (Å²) >= 11 is 0. The molecule has 7 heteroatoms. The molecule has 1 aromatic rings. The quantitative estimate of drug-likeness (QED) is 0.778. The number of sulfonamides is 1. The number of aliphatic hydroxyl groups is 1. The first-order valence-electron chi connectivity index (χ1n) is 5.78. The Labute approximate surface area is 105 Å². The summed E-state index contributed by atoms with van der Waals surface area (Å²) in [5.74, 6) is 0.0745. The number of aromatic amines is 1. The predicted octanol–water partition coefficient (Wildman–Crippen LogP) is -0.234. The van der Waals surface area contributed by atoms with Crippen molar-refractivity contribution >= 4 is 10.0 Å². The number of nitrogens with one attached hydrogen (secondary N) is 1. The van der Waals surface area contributed by atoms with Crippen molar-refractivity contribution in [3.63, 3.8) is 0 Å². The van der Waals surface area contributed by atoms with E-state index in [-0.39, 0.29) is 17.4 Å². The predicted molar refractivity (Wildman–Crippen MR) is 65.6 cm³/mol. The van der Waals surface area contributed by atoms with Crippen LogP contribution in [0, 0.1) is 5.92 Å². The highest BCUT2D eigenvalue weighted by Gasteiger charge is 2.33. The van der Waals surface area contributed by atoms with Crippen LogP contribution in [0.5, 0.6) is 0 Å². The van der Waals surface area contributed by atoms with Crippen molar-refractivity contribution < 1.29 is 13.5 Å². The van der Waals surface area contributed by atoms with Crippen LogP contribution in [0.2, 0.25) is 0 Å². The summed E-state index contributed by atoms with van der Waals surface area (Å²) < 4.78 is 25.7. The first kappa shape index (κ1) is 13.3. The zero-order valence-electron chi connectivity index (χ0n) is 10.0. The second kappa shape index (κ2) is 4.83. The lowest BCUT2D eigenvalue weighted by molar-refractivity contribution is 0.0605. The van der Waals surface area contributed by atoms with Crippen LogP contribution in [0.1, 0.15) is 13.3 Å². The van der Waals surface area contributed by atoms with E-state index >= 15 is 0 Å². The monoisotopic (exact) mass is 272 g/mol. The smallest absolute Gasteiger partial charge is 0.248 e. The van der Waals surface area contributed by atoms with E-state index in [9.17, 15) is 18.3 Å². The standard InChI is InChI=1S/C11H16N2O4S/c1-8-3-5-13(7-10(8)15)18(16,17)11-6-12-4-2-9(11)14/h2,4,6,8,10,15H,3,5,7H2,1H3,(H,12,14). The lowest BCUT2D eigenvalue weighted by atomic mass is 9.98. The summed E-state index contributed by atoms with van der Waals surface area (Å²) in [5.41, 5.74) is -0.540. The molecule has 2 rings (SSSR count). The van der Waals surface area contributed by atoms with Crippen molar-refractivity contribution in [3.05, 3.63) is 28.7 Å². The maximum atomic E-state index is 12.3. The van der Waals surface area contributed by atoms with Crippen LogP contribution in [-0.4, -0.2) is 42.0 Å². The average Bonchev–Trinajstić information content (AvgIpc) is 2.33. The zero-order valence-corrected chi connectivity index (χ0v) is 10.9. The summed E-state index contributed by atoms with van der Waals surface area (Å²) in [7, 11) is -3.82. The fraction of sp³-hybridized carbons (Fsp3) is 0.545. The maximum Gasteiger partial charge on any atom is 0.248 e. The summed E-state index contributed by atoms with van der Waals surface area (Å²) in [6, 6.07) is 1.18. The van der Waals surface area contributed by atoms with Gasteiger partial charge in [0.05, 0.1) is 6.10 Å². The van der Waals surface area contributed by atoms with Crippen LogP contribution < -0.4 is 5.43 Å². The van der Waals surface area contributed by atoms with Gasteiger partial charge in [-0.1, -0.05) is 6.92 Å². The molecule has 1 fully saturated rings. The second-order valence-electron chi connectivity index (χ2n) is 4.57. The van der Waals surface area contributed by atoms with E-state index in [1.165, 1.54) is 22.8 Å². The molecule has 0 radical (unpaired) electrons. The Bertz CT molecular complexity index is 581. The summed E-state index contributed by atoms with van der Waals surface area (Å²) in [6.07, 6.45) is 2.47. The SMILES string of the molecule is CC1CCN(S(=O)(=O)c2c[nH]ccc2=O)CC1O. The van der Waals surface area contributed by atoms with E-state index < -0.39 is 21.6 Å². The zero-order chi connectivity index (χ0) is 13.3. The fourth-order valence-corrected chi connectivity index (χ4v) is 3.49. The molecule has 2 heterocycles. The normalized spacial score (nSPS) is 26.1. The van der Waals surface area contributed by atoms with Crippen molar-refractivity contribution in [2.75, 3.05) is 13.1 Å². The third-order valence-corrected chi connectivity index (χ3v) is 5.17. The summed E-state index contributed by atoms with van der Waals surface area (Å²) in [5, 5.41) is 9.74. The molecule has 0 amide bonds. The van der Waals surface area contributed by atoms with Crippen molar-refractivity contribution in [2.24, 2.45) is 5.92 Å². The van der Waals surface area contributed by atoms with Gasteiger partial charge in [-0.3, -0.25) is 4.79 Å². The molecule has 1 aliphatic rings. The second-order valence-corrected chi connectivity index (χ2v) is 6.48. The molecule has 1 saturated heterocycles. The highest BCUT2D eigenvalue weighted by Crippen LogP contribution is 2.21. The van der Waals surface area contributed by atoms with Gasteiger partial charge in [0.25, 0.3) is 0 Å². The van der Waals surface area contributed by atoms with E-state index in [0.29, 0.717) is 13.0 Å². The molecule has 2 unspecified atom stereocenters. The first-order valence-corrected chi connectivity index (χ1v) is 7.22. The van der Waals surface area contributed by atoms with Crippen LogP contribution in [0.25, 0.3) is 0 Å². The third-order valence-electron chi connectivity index (χ3n) is 3.29. The molecule has 6 nitrogen and oxygen atoms in total. The highest BCUT2D eigenvalue weighted by atomic mass is 32.2. The minimum atomic E-state index is -3.82. The molecule has 2 atom stereocenters. The first-order chi connectivity index (χ1) is 8.43. The van der Waals surface area contributed by atoms with Gasteiger partial charge in [-0.25, -0.2) is 8.42 Å². The van der Waals surface area contributed by atoms with Crippen LogP contribution in [-0.2, 0) is 10.0 Å². The maximum absolute atomic E-state index is 12.3. The summed E-state index contributed by atoms with van der Waals surface area (Å²) in [6.45, 7) is 2.25. The molecule has 1 aromatic heterocycles. The van der Waals surface area contributed by atoms with Crippen molar-refractivity contribution in [1.82, 2.24) is 9.29 Å². The summed E-state index contributed by atoms with van der Waals surface area (Å²) in [4.78, 5) is 13.9. The van der Waals surface area contributed by atoms with E-state index in [0.717, 1.165) is 0 Å². The minimum absolute atomic E-state index is 0.0395. The van der Waals surface area contributed by atoms with Gasteiger partial charge in [-0.15, -0.1) is 0 Å². The molecule has 0 bridgehead atoms. The molecule has 0 aliphatic carbocycles. The number of aromatic nitrogens is 1. The number of piperidine rings is 1. The van der Waals surface area contributed by atoms with Gasteiger partial charge in [0.1, 0.15) is 4.90 Å². The van der Waals surface area contributed by atoms with E-state index in [4.69, 9.17) is 0 Å². The Kier molecular flexibility index (Phi) is 3.56. The van der Waals surface area contributed by atoms with Crippen LogP contribution in [0.4, 0.5) is 0 Å². The topological polar surface area (TPSA) is 90.5 Å². The van der Waals surface area contributed by atoms with Crippen LogP contribution >= 0.6 is 0 Å². The fourth-order valence-electron chi connectivity index (χ4n) is 1.98. The van der Waals surface area contributed by atoms with Gasteiger partial charge in [-0.2, -0.15) is 4.31 Å². The van der Waals surface area contributed by atoms with Crippen molar-refractivity contribution in [3.8, 4) is 0 Å². The van der Waals surface area contributed by atoms with Gasteiger partial charge < -0.3 is 10.1 Å². The van der Waals surface area contributed by atoms with Crippen molar-refractivity contribution in [1.29, 1.82) is 0 Å². The molecule has 100 valence electrons. The lowest BCUT2D eigenvalue weighted by Crippen LogP contribution is -2.46. The van der Waals surface area contributed by atoms with E-state index in [2.05, 4.69) is 4.98 Å². The Hall–Kier alpha value is -1.18. The molecular formula is C11H16N2O4S. The number of β-amino-alcohol motifs (C(OH)–C–C–N with tert-alkyl or cyclic N) is 1. The molecular weight excluding hydrogens is 256 g/mol. The third kappa shape index (κ3) is 2.33. The molecule has 18 heavy (non-hydrogen) atoms. The van der Waals surface area contributed by atoms with Gasteiger partial charge in [0.15, 0.2) is 0 Å². The number of rotatable bonds is 2. The average molecular weight is 272 g/mol. The van der Waals surface area contributed by atoms with E-state index in [1.54, 1.807) is 0 Å². The largest absolute Gasteiger partial charge is 0.391 e. The highest BCUT2D eigenvalue weighted by molar-refractivity contribution is 7.89. The molecule has 0 aromatic carbocycles. The van der Waals surface area contributed by atoms with Crippen LogP contribution in [0.15, 0.2) is 28.2 Å². The minimum Gasteiger partial charge on any atom is -0.391 e. The van der Waals surface area contributed by atoms with Gasteiger partial charge in [-0.05, 0) is 12.3 Å². The van der Waals surface area contributed by atoms with Gasteiger partial charge in [0.2, 0.25) is 15.5 Å². The van der Waals surface area contributed by atoms with Crippen molar-refractivity contribution in [2.45, 2.75) is 24.3 Å². The number of nitrogens with zero attached hydrogens (tertiary/aromatic N) is 1. The van der Waals surface area contributed by atoms with Gasteiger partial charge in [0, 0.05) is 31.5 Å². The Balaban J connectivity index is 2.33. The Morgan fingerprint density at radius 1 is 1.50 bits per heavy atom. The number of H-pyrrole nitrogens is 1. The number of pyridine rings is 1. The molecule has 2 N–H and O–H groups in total. The lowest BCUT2D eigenvalue weighted by Gasteiger charge is -2.33. The van der Waals surface area contributed by atoms with Gasteiger partial charge >= 0.3 is 0 Å². The Morgan fingerprint density at radius 3 is 2.83 bits per heavy atom. The number of hydrogen-bond acceptors (Lipinski definition) is 4. The number of hydrogen-bond donors (Lipinski definition) is 2.